The molecule has 2 rings (SSSR count). The third-order valence-corrected chi connectivity index (χ3v) is 3.18. The summed E-state index contributed by atoms with van der Waals surface area (Å²) in [6.07, 6.45) is 5.72. The van der Waals surface area contributed by atoms with Gasteiger partial charge in [0, 0.05) is 11.6 Å². The molecule has 0 heterocycles. The molecule has 1 amide bonds. The molecular formula is C14H17NO2. The van der Waals surface area contributed by atoms with Crippen LogP contribution in [0.5, 0.6) is 5.75 Å². The van der Waals surface area contributed by atoms with Crippen molar-refractivity contribution in [2.75, 3.05) is 5.32 Å². The zero-order chi connectivity index (χ0) is 12.4. The molecular weight excluding hydrogens is 214 g/mol. The van der Waals surface area contributed by atoms with Crippen LogP contribution in [0.1, 0.15) is 24.0 Å². The highest BCUT2D eigenvalue weighted by Gasteiger charge is 2.19. The molecule has 1 aliphatic carbocycles. The first-order valence-corrected chi connectivity index (χ1v) is 5.84. The van der Waals surface area contributed by atoms with Crippen LogP contribution in [0.15, 0.2) is 24.3 Å². The number of phenols is 1. The van der Waals surface area contributed by atoms with Crippen molar-refractivity contribution < 1.29 is 9.90 Å². The number of rotatable bonds is 2. The van der Waals surface area contributed by atoms with Crippen LogP contribution in [-0.2, 0) is 4.79 Å². The molecule has 1 aliphatic rings. The number of phenolic OH excluding ortho intramolecular Hbond substituents is 1. The van der Waals surface area contributed by atoms with Crippen LogP contribution in [0, 0.1) is 19.8 Å². The van der Waals surface area contributed by atoms with Crippen LogP contribution in [0.4, 0.5) is 5.69 Å². The van der Waals surface area contributed by atoms with E-state index < -0.39 is 0 Å². The third-order valence-electron chi connectivity index (χ3n) is 3.18. The van der Waals surface area contributed by atoms with Crippen LogP contribution in [0.25, 0.3) is 0 Å². The first kappa shape index (κ1) is 11.7. The second kappa shape index (κ2) is 4.62. The van der Waals surface area contributed by atoms with E-state index >= 15 is 0 Å². The van der Waals surface area contributed by atoms with Gasteiger partial charge < -0.3 is 10.4 Å². The Morgan fingerprint density at radius 3 is 2.53 bits per heavy atom. The molecule has 90 valence electrons. The molecule has 0 atom stereocenters. The van der Waals surface area contributed by atoms with E-state index in [1.165, 1.54) is 0 Å². The predicted octanol–water partition coefficient (Wildman–Crippen LogP) is 2.91. The molecule has 0 aliphatic heterocycles. The van der Waals surface area contributed by atoms with Crippen LogP contribution in [0.2, 0.25) is 0 Å². The summed E-state index contributed by atoms with van der Waals surface area (Å²) in [6, 6.07) is 3.49. The number of anilines is 1. The van der Waals surface area contributed by atoms with Gasteiger partial charge in [0.15, 0.2) is 0 Å². The summed E-state index contributed by atoms with van der Waals surface area (Å²) in [5, 5.41) is 12.5. The van der Waals surface area contributed by atoms with Crippen molar-refractivity contribution in [3.05, 3.63) is 35.4 Å². The maximum absolute atomic E-state index is 11.9. The fraction of sp³-hybridized carbons (Fsp3) is 0.357. The lowest BCUT2D eigenvalue weighted by Crippen LogP contribution is -2.21. The quantitative estimate of drug-likeness (QED) is 0.607. The number of hydrogen-bond donors (Lipinski definition) is 2. The number of aryl methyl sites for hydroxylation is 2. The van der Waals surface area contributed by atoms with E-state index in [1.807, 2.05) is 32.1 Å². The summed E-state index contributed by atoms with van der Waals surface area (Å²) >= 11 is 0. The van der Waals surface area contributed by atoms with E-state index in [0.717, 1.165) is 29.7 Å². The number of allylic oxidation sites excluding steroid dienone is 2. The average molecular weight is 231 g/mol. The standard InChI is InChI=1S/C14H17NO2/c1-9-8-13(16)10(2)7-12(9)15-14(17)11-5-3-4-6-11/h3-4,7-8,11,16H,5-6H2,1-2H3,(H,15,17). The first-order valence-electron chi connectivity index (χ1n) is 5.84. The lowest BCUT2D eigenvalue weighted by molar-refractivity contribution is -0.119. The molecule has 0 radical (unpaired) electrons. The van der Waals surface area contributed by atoms with Gasteiger partial charge in [-0.25, -0.2) is 0 Å². The predicted molar refractivity (Wildman–Crippen MR) is 68.1 cm³/mol. The highest BCUT2D eigenvalue weighted by Crippen LogP contribution is 2.26. The minimum atomic E-state index is 0.0585. The highest BCUT2D eigenvalue weighted by molar-refractivity contribution is 5.93. The van der Waals surface area contributed by atoms with Crippen LogP contribution in [0.3, 0.4) is 0 Å². The topological polar surface area (TPSA) is 49.3 Å². The summed E-state index contributed by atoms with van der Waals surface area (Å²) in [6.45, 7) is 3.70. The Labute approximate surface area is 101 Å². The molecule has 0 unspecified atom stereocenters. The van der Waals surface area contributed by atoms with Gasteiger partial charge in [-0.3, -0.25) is 4.79 Å². The molecule has 2 N–H and O–H groups in total. The van der Waals surface area contributed by atoms with E-state index in [0.29, 0.717) is 0 Å². The molecule has 3 nitrogen and oxygen atoms in total. The number of aromatic hydroxyl groups is 1. The molecule has 1 aromatic carbocycles. The van der Waals surface area contributed by atoms with Gasteiger partial charge in [0.2, 0.25) is 5.91 Å². The molecule has 3 heteroatoms. The normalized spacial score (nSPS) is 15.2. The summed E-state index contributed by atoms with van der Waals surface area (Å²) in [5.74, 6) is 0.384. The van der Waals surface area contributed by atoms with Gasteiger partial charge in [0.25, 0.3) is 0 Å². The smallest absolute Gasteiger partial charge is 0.228 e. The zero-order valence-corrected chi connectivity index (χ0v) is 10.2. The van der Waals surface area contributed by atoms with Gasteiger partial charge in [-0.2, -0.15) is 0 Å². The molecule has 1 aromatic rings. The Morgan fingerprint density at radius 1 is 1.24 bits per heavy atom. The van der Waals surface area contributed by atoms with E-state index in [4.69, 9.17) is 0 Å². The third kappa shape index (κ3) is 2.49. The Bertz CT molecular complexity index is 469. The van der Waals surface area contributed by atoms with E-state index in [2.05, 4.69) is 5.32 Å². The van der Waals surface area contributed by atoms with Crippen molar-refractivity contribution >= 4 is 11.6 Å². The summed E-state index contributed by atoms with van der Waals surface area (Å²) in [5.41, 5.74) is 2.44. The fourth-order valence-electron chi connectivity index (χ4n) is 2.00. The maximum Gasteiger partial charge on any atom is 0.228 e. The van der Waals surface area contributed by atoms with Crippen molar-refractivity contribution in [3.8, 4) is 5.75 Å². The van der Waals surface area contributed by atoms with Gasteiger partial charge in [-0.1, -0.05) is 12.2 Å². The minimum Gasteiger partial charge on any atom is -0.508 e. The SMILES string of the molecule is Cc1cc(NC(=O)C2CC=CC2)c(C)cc1O. The van der Waals surface area contributed by atoms with E-state index in [9.17, 15) is 9.90 Å². The Kier molecular flexibility index (Phi) is 3.18. The van der Waals surface area contributed by atoms with E-state index in [-0.39, 0.29) is 17.6 Å². The average Bonchev–Trinajstić information content (AvgIpc) is 2.79. The van der Waals surface area contributed by atoms with Gasteiger partial charge in [0.05, 0.1) is 0 Å². The highest BCUT2D eigenvalue weighted by atomic mass is 16.3. The maximum atomic E-state index is 11.9. The van der Waals surface area contributed by atoms with Crippen LogP contribution in [-0.4, -0.2) is 11.0 Å². The number of carbonyl (C=O) groups is 1. The molecule has 0 saturated carbocycles. The largest absolute Gasteiger partial charge is 0.508 e. The van der Waals surface area contributed by atoms with Crippen molar-refractivity contribution in [2.24, 2.45) is 5.92 Å². The molecule has 0 bridgehead atoms. The molecule has 17 heavy (non-hydrogen) atoms. The molecule has 0 fully saturated rings. The van der Waals surface area contributed by atoms with E-state index in [1.54, 1.807) is 6.07 Å². The Balaban J connectivity index is 2.13. The lowest BCUT2D eigenvalue weighted by Gasteiger charge is -2.13. The molecule has 0 saturated heterocycles. The Hall–Kier alpha value is -1.77. The minimum absolute atomic E-state index is 0.0585. The fourth-order valence-corrected chi connectivity index (χ4v) is 2.00. The molecule has 0 spiro atoms. The second-order valence-electron chi connectivity index (χ2n) is 4.58. The summed E-state index contributed by atoms with van der Waals surface area (Å²) < 4.78 is 0. The molecule has 0 aromatic heterocycles. The summed E-state index contributed by atoms with van der Waals surface area (Å²) in [7, 11) is 0. The van der Waals surface area contributed by atoms with Gasteiger partial charge in [0.1, 0.15) is 5.75 Å². The number of amides is 1. The summed E-state index contributed by atoms with van der Waals surface area (Å²) in [4.78, 5) is 11.9. The zero-order valence-electron chi connectivity index (χ0n) is 10.2. The van der Waals surface area contributed by atoms with Gasteiger partial charge in [-0.15, -0.1) is 0 Å². The Morgan fingerprint density at radius 2 is 1.88 bits per heavy atom. The monoisotopic (exact) mass is 231 g/mol. The number of carbonyl (C=O) groups excluding carboxylic acids is 1. The lowest BCUT2D eigenvalue weighted by atomic mass is 10.1. The van der Waals surface area contributed by atoms with Gasteiger partial charge >= 0.3 is 0 Å². The number of hydrogen-bond acceptors (Lipinski definition) is 2. The van der Waals surface area contributed by atoms with Crippen molar-refractivity contribution in [2.45, 2.75) is 26.7 Å². The van der Waals surface area contributed by atoms with Crippen LogP contribution >= 0.6 is 0 Å². The number of benzene rings is 1. The second-order valence-corrected chi connectivity index (χ2v) is 4.58. The van der Waals surface area contributed by atoms with Crippen molar-refractivity contribution in [3.63, 3.8) is 0 Å². The van der Waals surface area contributed by atoms with Crippen LogP contribution < -0.4 is 5.32 Å². The van der Waals surface area contributed by atoms with Crippen molar-refractivity contribution in [1.82, 2.24) is 0 Å². The first-order chi connectivity index (χ1) is 8.08. The van der Waals surface area contributed by atoms with Gasteiger partial charge in [-0.05, 0) is 49.9 Å². The van der Waals surface area contributed by atoms with Crippen molar-refractivity contribution in [1.29, 1.82) is 0 Å². The number of nitrogens with one attached hydrogen (secondary N) is 1.